The molecule has 72 valence electrons. The summed E-state index contributed by atoms with van der Waals surface area (Å²) >= 11 is 1.31. The van der Waals surface area contributed by atoms with Crippen molar-refractivity contribution in [2.24, 2.45) is 0 Å². The Labute approximate surface area is 86.7 Å². The smallest absolute Gasteiger partial charge is 0.282 e. The van der Waals surface area contributed by atoms with E-state index >= 15 is 0 Å². The lowest BCUT2D eigenvalue weighted by Crippen LogP contribution is -2.04. The molecular weight excluding hydrogens is 317 g/mol. The molecule has 0 aliphatic heterocycles. The van der Waals surface area contributed by atoms with Crippen molar-refractivity contribution in [3.8, 4) is 0 Å². The number of hydrogen-bond acceptors (Lipinski definition) is 2. The minimum absolute atomic E-state index is 0.465. The quantitative estimate of drug-likeness (QED) is 0.488. The van der Waals surface area contributed by atoms with Crippen LogP contribution in [0.25, 0.3) is 0 Å². The van der Waals surface area contributed by atoms with Gasteiger partial charge in [-0.3, -0.25) is 4.55 Å². The second kappa shape index (κ2) is 3.46. The van der Waals surface area contributed by atoms with Crippen LogP contribution in [0.3, 0.4) is 0 Å². The second-order valence-electron chi connectivity index (χ2n) is 2.15. The zero-order chi connectivity index (χ0) is 10.2. The van der Waals surface area contributed by atoms with Gasteiger partial charge in [0.2, 0.25) is 0 Å². The fourth-order valence-corrected chi connectivity index (χ4v) is 1.93. The average Bonchev–Trinajstić information content (AvgIpc) is 1.98. The summed E-state index contributed by atoms with van der Waals surface area (Å²) in [5.41, 5.74) is 0. The van der Waals surface area contributed by atoms with Crippen LogP contribution in [0.5, 0.6) is 0 Å². The number of benzene rings is 1. The molecule has 0 aliphatic rings. The van der Waals surface area contributed by atoms with Crippen molar-refractivity contribution >= 4 is 32.7 Å². The van der Waals surface area contributed by atoms with E-state index in [2.05, 4.69) is 0 Å². The SMILES string of the molecule is O=S(=O)(O)c1ccc(F)c(I)c1F. The summed E-state index contributed by atoms with van der Waals surface area (Å²) in [5, 5.41) is 0. The van der Waals surface area contributed by atoms with Gasteiger partial charge in [-0.2, -0.15) is 8.42 Å². The van der Waals surface area contributed by atoms with Gasteiger partial charge in [-0.1, -0.05) is 0 Å². The van der Waals surface area contributed by atoms with E-state index in [4.69, 9.17) is 4.55 Å². The summed E-state index contributed by atoms with van der Waals surface area (Å²) in [4.78, 5) is -0.918. The highest BCUT2D eigenvalue weighted by atomic mass is 127. The van der Waals surface area contributed by atoms with Crippen molar-refractivity contribution in [2.45, 2.75) is 4.90 Å². The van der Waals surface area contributed by atoms with Gasteiger partial charge >= 0.3 is 0 Å². The summed E-state index contributed by atoms with van der Waals surface area (Å²) in [6.07, 6.45) is 0. The van der Waals surface area contributed by atoms with Crippen LogP contribution in [0.1, 0.15) is 0 Å². The Hall–Kier alpha value is -0.280. The third-order valence-corrected chi connectivity index (χ3v) is 3.14. The van der Waals surface area contributed by atoms with Crippen molar-refractivity contribution in [2.75, 3.05) is 0 Å². The highest BCUT2D eigenvalue weighted by Crippen LogP contribution is 2.21. The number of rotatable bonds is 1. The van der Waals surface area contributed by atoms with E-state index in [0.29, 0.717) is 6.07 Å². The van der Waals surface area contributed by atoms with Gasteiger partial charge in [0.25, 0.3) is 10.1 Å². The summed E-state index contributed by atoms with van der Waals surface area (Å²) in [7, 11) is -4.62. The highest BCUT2D eigenvalue weighted by molar-refractivity contribution is 14.1. The molecule has 0 atom stereocenters. The average molecular weight is 320 g/mol. The Balaban J connectivity index is 3.53. The second-order valence-corrected chi connectivity index (χ2v) is 4.62. The normalized spacial score (nSPS) is 11.7. The molecule has 3 nitrogen and oxygen atoms in total. The Morgan fingerprint density at radius 2 is 1.85 bits per heavy atom. The topological polar surface area (TPSA) is 54.4 Å². The van der Waals surface area contributed by atoms with Crippen LogP contribution in [0.15, 0.2) is 17.0 Å². The van der Waals surface area contributed by atoms with Gasteiger partial charge in [0.1, 0.15) is 10.7 Å². The molecule has 13 heavy (non-hydrogen) atoms. The van der Waals surface area contributed by atoms with E-state index in [-0.39, 0.29) is 0 Å². The maximum Gasteiger partial charge on any atom is 0.297 e. The van der Waals surface area contributed by atoms with Gasteiger partial charge in [0.15, 0.2) is 5.82 Å². The summed E-state index contributed by atoms with van der Waals surface area (Å²) in [6.45, 7) is 0. The molecular formula is C6H3F2IO3S. The molecule has 0 bridgehead atoms. The molecule has 0 saturated carbocycles. The first-order valence-electron chi connectivity index (χ1n) is 2.95. The largest absolute Gasteiger partial charge is 0.297 e. The van der Waals surface area contributed by atoms with E-state index in [9.17, 15) is 17.2 Å². The van der Waals surface area contributed by atoms with Crippen LogP contribution in [0, 0.1) is 15.2 Å². The maximum absolute atomic E-state index is 13.0. The molecule has 0 amide bonds. The molecule has 0 aliphatic carbocycles. The van der Waals surface area contributed by atoms with Gasteiger partial charge in [-0.25, -0.2) is 8.78 Å². The van der Waals surface area contributed by atoms with Crippen molar-refractivity contribution < 1.29 is 21.8 Å². The van der Waals surface area contributed by atoms with Gasteiger partial charge in [-0.15, -0.1) is 0 Å². The first-order valence-corrected chi connectivity index (χ1v) is 5.47. The van der Waals surface area contributed by atoms with Crippen molar-refractivity contribution in [1.29, 1.82) is 0 Å². The highest BCUT2D eigenvalue weighted by Gasteiger charge is 2.19. The molecule has 0 spiro atoms. The molecule has 0 unspecified atom stereocenters. The molecule has 1 N–H and O–H groups in total. The van der Waals surface area contributed by atoms with Crippen LogP contribution >= 0.6 is 22.6 Å². The molecule has 0 aromatic heterocycles. The summed E-state index contributed by atoms with van der Waals surface area (Å²) in [6, 6.07) is 1.44. The Morgan fingerprint density at radius 1 is 1.31 bits per heavy atom. The lowest BCUT2D eigenvalue weighted by Gasteiger charge is -2.01. The number of hydrogen-bond donors (Lipinski definition) is 1. The fourth-order valence-electron chi connectivity index (χ4n) is 0.707. The number of halogens is 3. The van der Waals surface area contributed by atoms with Crippen LogP contribution < -0.4 is 0 Å². The van der Waals surface area contributed by atoms with Crippen LogP contribution in [-0.4, -0.2) is 13.0 Å². The Bertz CT molecular complexity index is 443. The lowest BCUT2D eigenvalue weighted by molar-refractivity contribution is 0.470. The molecule has 0 saturated heterocycles. The van der Waals surface area contributed by atoms with Gasteiger partial charge in [0, 0.05) is 0 Å². The van der Waals surface area contributed by atoms with Gasteiger partial charge < -0.3 is 0 Å². The first kappa shape index (κ1) is 10.8. The van der Waals surface area contributed by atoms with Crippen LogP contribution in [0.4, 0.5) is 8.78 Å². The summed E-state index contributed by atoms with van der Waals surface area (Å²) < 4.78 is 54.6. The maximum atomic E-state index is 13.0. The van der Waals surface area contributed by atoms with E-state index in [1.807, 2.05) is 0 Å². The van der Waals surface area contributed by atoms with Crippen molar-refractivity contribution in [3.05, 3.63) is 27.3 Å². The van der Waals surface area contributed by atoms with Crippen molar-refractivity contribution in [1.82, 2.24) is 0 Å². The molecule has 1 rings (SSSR count). The third-order valence-electron chi connectivity index (χ3n) is 1.28. The standard InChI is InChI=1S/C6H3F2IO3S/c7-3-1-2-4(13(10,11)12)5(8)6(3)9/h1-2H,(H,10,11,12). The van der Waals surface area contributed by atoms with E-state index in [0.717, 1.165) is 6.07 Å². The monoisotopic (exact) mass is 320 g/mol. The Kier molecular flexibility index (Phi) is 2.88. The zero-order valence-electron chi connectivity index (χ0n) is 5.96. The molecule has 0 radical (unpaired) electrons. The summed E-state index contributed by atoms with van der Waals surface area (Å²) in [5.74, 6) is -2.14. The van der Waals surface area contributed by atoms with E-state index in [1.165, 1.54) is 22.6 Å². The van der Waals surface area contributed by atoms with E-state index in [1.54, 1.807) is 0 Å². The van der Waals surface area contributed by atoms with Gasteiger partial charge in [0.05, 0.1) is 3.57 Å². The molecule has 1 aromatic rings. The predicted molar refractivity (Wildman–Crippen MR) is 48.9 cm³/mol. The molecule has 0 fully saturated rings. The third kappa shape index (κ3) is 2.15. The zero-order valence-corrected chi connectivity index (χ0v) is 8.93. The fraction of sp³-hybridized carbons (Fsp3) is 0. The minimum Gasteiger partial charge on any atom is -0.282 e. The molecule has 1 aromatic carbocycles. The van der Waals surface area contributed by atoms with Crippen molar-refractivity contribution in [3.63, 3.8) is 0 Å². The molecule has 0 heterocycles. The van der Waals surface area contributed by atoms with E-state index < -0.39 is 30.2 Å². The van der Waals surface area contributed by atoms with Gasteiger partial charge in [-0.05, 0) is 34.7 Å². The Morgan fingerprint density at radius 3 is 2.31 bits per heavy atom. The molecule has 7 heteroatoms. The van der Waals surface area contributed by atoms with Crippen LogP contribution in [-0.2, 0) is 10.1 Å². The van der Waals surface area contributed by atoms with Crippen LogP contribution in [0.2, 0.25) is 0 Å². The minimum atomic E-state index is -4.62. The lowest BCUT2D eigenvalue weighted by atomic mass is 10.3. The first-order chi connectivity index (χ1) is 5.84. The predicted octanol–water partition coefficient (Wildman–Crippen LogP) is 1.82.